The van der Waals surface area contributed by atoms with E-state index in [0.717, 1.165) is 6.42 Å². The van der Waals surface area contributed by atoms with Crippen molar-refractivity contribution >= 4 is 23.9 Å². The number of hydrogen-bond acceptors (Lipinski definition) is 9. The first kappa shape index (κ1) is 34.1. The molecule has 0 aliphatic carbocycles. The van der Waals surface area contributed by atoms with Crippen LogP contribution in [0.2, 0.25) is 0 Å². The van der Waals surface area contributed by atoms with E-state index in [-0.39, 0.29) is 54.2 Å². The molecule has 0 aliphatic rings. The third-order valence-electron chi connectivity index (χ3n) is 5.29. The maximum atomic E-state index is 12.5. The van der Waals surface area contributed by atoms with E-state index in [2.05, 4.69) is 0 Å². The highest BCUT2D eigenvalue weighted by atomic mass is 16.6. The predicted molar refractivity (Wildman–Crippen MR) is 148 cm³/mol. The van der Waals surface area contributed by atoms with E-state index in [9.17, 15) is 19.2 Å². The van der Waals surface area contributed by atoms with E-state index in [1.165, 1.54) is 12.1 Å². The monoisotopic (exact) mass is 549 g/mol. The third-order valence-corrected chi connectivity index (χ3v) is 5.29. The summed E-state index contributed by atoms with van der Waals surface area (Å²) in [6.07, 6.45) is 0.775. The molecule has 39 heavy (non-hydrogen) atoms. The Bertz CT molecular complexity index is 988. The van der Waals surface area contributed by atoms with E-state index >= 15 is 0 Å². The van der Waals surface area contributed by atoms with Gasteiger partial charge in [0.05, 0.1) is 12.8 Å². The van der Waals surface area contributed by atoms with E-state index in [1.807, 2.05) is 55.4 Å². The zero-order chi connectivity index (χ0) is 30.0. The molecule has 0 bridgehead atoms. The van der Waals surface area contributed by atoms with Gasteiger partial charge in [0.15, 0.2) is 11.5 Å². The summed E-state index contributed by atoms with van der Waals surface area (Å²) in [5, 5.41) is 0. The van der Waals surface area contributed by atoms with Gasteiger partial charge in [-0.15, -0.1) is 0 Å². The molecule has 0 spiro atoms. The Morgan fingerprint density at radius 2 is 1.36 bits per heavy atom. The Kier molecular flexibility index (Phi) is 13.1. The van der Waals surface area contributed by atoms with Crippen LogP contribution in [0.15, 0.2) is 18.2 Å². The summed E-state index contributed by atoms with van der Waals surface area (Å²) in [6.45, 7) is 17.1. The smallest absolute Gasteiger partial charge is 0.323 e. The van der Waals surface area contributed by atoms with Gasteiger partial charge in [-0.25, -0.2) is 0 Å². The Balaban J connectivity index is 2.89. The number of ether oxygens (including phenoxy) is 4. The molecule has 1 aromatic carbocycles. The highest BCUT2D eigenvalue weighted by Gasteiger charge is 2.24. The van der Waals surface area contributed by atoms with Crippen molar-refractivity contribution in [2.45, 2.75) is 107 Å². The van der Waals surface area contributed by atoms with E-state index in [4.69, 9.17) is 24.7 Å². The molecule has 0 aromatic heterocycles. The van der Waals surface area contributed by atoms with Crippen molar-refractivity contribution in [2.75, 3.05) is 6.61 Å². The van der Waals surface area contributed by atoms with E-state index in [0.29, 0.717) is 17.9 Å². The normalized spacial score (nSPS) is 13.4. The van der Waals surface area contributed by atoms with Crippen molar-refractivity contribution in [2.24, 2.45) is 22.5 Å². The molecule has 9 heteroatoms. The number of carbonyl (C=O) groups excluding carboxylic acids is 4. The molecule has 0 saturated heterocycles. The van der Waals surface area contributed by atoms with Crippen LogP contribution in [0.25, 0.3) is 0 Å². The minimum Gasteiger partial charge on any atom is -0.462 e. The molecule has 9 nitrogen and oxygen atoms in total. The summed E-state index contributed by atoms with van der Waals surface area (Å²) in [5.41, 5.74) is 6.08. The number of rotatable bonds is 13. The van der Waals surface area contributed by atoms with Crippen molar-refractivity contribution in [3.63, 3.8) is 0 Å². The van der Waals surface area contributed by atoms with Crippen LogP contribution >= 0.6 is 0 Å². The Labute approximate surface area is 233 Å². The molecule has 0 heterocycles. The maximum Gasteiger partial charge on any atom is 0.323 e. The van der Waals surface area contributed by atoms with Crippen LogP contribution in [-0.2, 0) is 35.1 Å². The number of hydrogen-bond donors (Lipinski definition) is 1. The maximum absolute atomic E-state index is 12.5. The predicted octanol–water partition coefficient (Wildman–Crippen LogP) is 5.15. The largest absolute Gasteiger partial charge is 0.462 e. The van der Waals surface area contributed by atoms with E-state index < -0.39 is 30.1 Å². The lowest BCUT2D eigenvalue weighted by molar-refractivity contribution is -0.159. The molecule has 0 saturated carbocycles. The van der Waals surface area contributed by atoms with Crippen molar-refractivity contribution in [1.29, 1.82) is 0 Å². The topological polar surface area (TPSA) is 131 Å². The first-order valence-corrected chi connectivity index (χ1v) is 13.5. The zero-order valence-corrected chi connectivity index (χ0v) is 25.1. The van der Waals surface area contributed by atoms with Gasteiger partial charge in [0, 0.05) is 6.42 Å². The molecule has 2 atom stereocenters. The Morgan fingerprint density at radius 3 is 1.87 bits per heavy atom. The van der Waals surface area contributed by atoms with Gasteiger partial charge in [-0.3, -0.25) is 19.2 Å². The highest BCUT2D eigenvalue weighted by Crippen LogP contribution is 2.32. The van der Waals surface area contributed by atoms with Crippen LogP contribution < -0.4 is 15.2 Å². The molecule has 0 amide bonds. The van der Waals surface area contributed by atoms with Crippen LogP contribution in [0.4, 0.5) is 0 Å². The van der Waals surface area contributed by atoms with Gasteiger partial charge in [-0.05, 0) is 54.2 Å². The molecule has 220 valence electrons. The zero-order valence-electron chi connectivity index (χ0n) is 25.1. The highest BCUT2D eigenvalue weighted by molar-refractivity contribution is 5.78. The standard InChI is InChI=1S/C30H47NO8/c1-19(2)10-13-25(32)36-18-20(3)37-28(35)22(31)14-21-11-12-23(38-26(33)16-29(4,5)6)24(15-21)39-27(34)17-30(7,8)9/h11-12,15,19-20,22H,10,13-14,16-18,31H2,1-9H3/t20-,22-/m0/s1. The van der Waals surface area contributed by atoms with Gasteiger partial charge < -0.3 is 24.7 Å². The minimum absolute atomic E-state index is 0.0576. The summed E-state index contributed by atoms with van der Waals surface area (Å²) in [4.78, 5) is 49.3. The molecule has 1 aromatic rings. The van der Waals surface area contributed by atoms with Gasteiger partial charge in [0.1, 0.15) is 18.8 Å². The molecule has 0 fully saturated rings. The number of nitrogens with two attached hydrogens (primary N) is 1. The molecular weight excluding hydrogens is 502 g/mol. The van der Waals surface area contributed by atoms with Crippen LogP contribution in [-0.4, -0.2) is 42.6 Å². The van der Waals surface area contributed by atoms with Crippen molar-refractivity contribution in [1.82, 2.24) is 0 Å². The summed E-state index contributed by atoms with van der Waals surface area (Å²) in [5.74, 6) is -1.36. The second-order valence-corrected chi connectivity index (χ2v) is 12.9. The van der Waals surface area contributed by atoms with Gasteiger partial charge >= 0.3 is 23.9 Å². The third kappa shape index (κ3) is 15.3. The number of benzene rings is 1. The molecule has 0 radical (unpaired) electrons. The van der Waals surface area contributed by atoms with Crippen LogP contribution in [0.5, 0.6) is 11.5 Å². The summed E-state index contributed by atoms with van der Waals surface area (Å²) < 4.78 is 21.6. The minimum atomic E-state index is -1.02. The molecular formula is C30H47NO8. The van der Waals surface area contributed by atoms with Crippen LogP contribution in [0.1, 0.15) is 93.6 Å². The fourth-order valence-electron chi connectivity index (χ4n) is 3.37. The molecule has 1 rings (SSSR count). The van der Waals surface area contributed by atoms with Crippen LogP contribution in [0, 0.1) is 16.7 Å². The van der Waals surface area contributed by atoms with Gasteiger partial charge in [0.2, 0.25) is 0 Å². The van der Waals surface area contributed by atoms with Crippen molar-refractivity contribution in [3.05, 3.63) is 23.8 Å². The lowest BCUT2D eigenvalue weighted by Gasteiger charge is -2.20. The van der Waals surface area contributed by atoms with E-state index in [1.54, 1.807) is 13.0 Å². The SMILES string of the molecule is CC(C)CCC(=O)OC[C@H](C)OC(=O)[C@@H](N)Cc1ccc(OC(=O)CC(C)(C)C)c(OC(=O)CC(C)(C)C)c1. The first-order valence-electron chi connectivity index (χ1n) is 13.5. The lowest BCUT2D eigenvalue weighted by atomic mass is 9.92. The average molecular weight is 550 g/mol. The van der Waals surface area contributed by atoms with Crippen molar-refractivity contribution < 1.29 is 38.1 Å². The van der Waals surface area contributed by atoms with Crippen molar-refractivity contribution in [3.8, 4) is 11.5 Å². The lowest BCUT2D eigenvalue weighted by Crippen LogP contribution is -2.37. The molecule has 0 aliphatic heterocycles. The summed E-state index contributed by atoms with van der Waals surface area (Å²) in [7, 11) is 0. The van der Waals surface area contributed by atoms with Crippen LogP contribution in [0.3, 0.4) is 0 Å². The Hall–Kier alpha value is -2.94. The number of carbonyl (C=O) groups is 4. The fourth-order valence-corrected chi connectivity index (χ4v) is 3.37. The molecule has 2 N–H and O–H groups in total. The summed E-state index contributed by atoms with van der Waals surface area (Å²) in [6, 6.07) is 3.69. The second kappa shape index (κ2) is 15.0. The fraction of sp³-hybridized carbons (Fsp3) is 0.667. The number of esters is 4. The van der Waals surface area contributed by atoms with Gasteiger partial charge in [0.25, 0.3) is 0 Å². The average Bonchev–Trinajstić information content (AvgIpc) is 2.75. The second-order valence-electron chi connectivity index (χ2n) is 12.9. The summed E-state index contributed by atoms with van der Waals surface area (Å²) >= 11 is 0. The van der Waals surface area contributed by atoms with Gasteiger partial charge in [-0.1, -0.05) is 61.5 Å². The molecule has 0 unspecified atom stereocenters. The first-order chi connectivity index (χ1) is 17.8. The van der Waals surface area contributed by atoms with Gasteiger partial charge in [-0.2, -0.15) is 0 Å². The quantitative estimate of drug-likeness (QED) is 0.262. The Morgan fingerprint density at radius 1 is 0.821 bits per heavy atom.